The van der Waals surface area contributed by atoms with Crippen molar-refractivity contribution >= 4 is 5.91 Å². The van der Waals surface area contributed by atoms with Crippen LogP contribution in [-0.4, -0.2) is 40.5 Å². The van der Waals surface area contributed by atoms with E-state index in [4.69, 9.17) is 0 Å². The first-order chi connectivity index (χ1) is 12.6. The van der Waals surface area contributed by atoms with Crippen LogP contribution in [0.1, 0.15) is 41.4 Å². The Morgan fingerprint density at radius 3 is 2.73 bits per heavy atom. The summed E-state index contributed by atoms with van der Waals surface area (Å²) in [6.45, 7) is 5.27. The van der Waals surface area contributed by atoms with E-state index in [0.717, 1.165) is 23.5 Å². The largest absolute Gasteiger partial charge is 0.327 e. The van der Waals surface area contributed by atoms with Crippen molar-refractivity contribution in [1.82, 2.24) is 34.6 Å². The van der Waals surface area contributed by atoms with Gasteiger partial charge in [-0.05, 0) is 18.1 Å². The van der Waals surface area contributed by atoms with Gasteiger partial charge in [0.15, 0.2) is 0 Å². The second kappa shape index (κ2) is 6.62. The second-order valence-corrected chi connectivity index (χ2v) is 6.77. The summed E-state index contributed by atoms with van der Waals surface area (Å²) in [6, 6.07) is 5.33. The number of fused-ring (bicyclic) bond motifs is 1. The minimum Gasteiger partial charge on any atom is -0.327 e. The molecular weight excluding hydrogens is 330 g/mol. The first-order valence-electron chi connectivity index (χ1n) is 8.55. The second-order valence-electron chi connectivity index (χ2n) is 6.77. The zero-order chi connectivity index (χ0) is 18.1. The Morgan fingerprint density at radius 1 is 1.15 bits per heavy atom. The lowest BCUT2D eigenvalue weighted by atomic mass is 10.1. The Balaban J connectivity index is 1.54. The monoisotopic (exact) mass is 349 g/mol. The van der Waals surface area contributed by atoms with Gasteiger partial charge in [-0.1, -0.05) is 19.9 Å². The number of carbonyl (C=O) groups is 1. The van der Waals surface area contributed by atoms with E-state index in [2.05, 4.69) is 39.0 Å². The molecule has 0 aliphatic carbocycles. The maximum absolute atomic E-state index is 12.9. The highest BCUT2D eigenvalue weighted by Crippen LogP contribution is 2.22. The van der Waals surface area contributed by atoms with Crippen molar-refractivity contribution in [3.8, 4) is 5.82 Å². The molecular formula is C18H19N7O. The van der Waals surface area contributed by atoms with Gasteiger partial charge < -0.3 is 4.90 Å². The molecule has 0 saturated carbocycles. The number of aromatic nitrogens is 6. The van der Waals surface area contributed by atoms with Gasteiger partial charge >= 0.3 is 0 Å². The van der Waals surface area contributed by atoms with Gasteiger partial charge in [-0.3, -0.25) is 9.36 Å². The predicted octanol–water partition coefficient (Wildman–Crippen LogP) is 1.81. The topological polar surface area (TPSA) is 89.7 Å². The van der Waals surface area contributed by atoms with E-state index in [9.17, 15) is 4.79 Å². The number of carbonyl (C=O) groups excluding carboxylic acids is 1. The van der Waals surface area contributed by atoms with E-state index in [1.54, 1.807) is 34.3 Å². The van der Waals surface area contributed by atoms with Crippen molar-refractivity contribution in [2.45, 2.75) is 33.4 Å². The van der Waals surface area contributed by atoms with Gasteiger partial charge in [0, 0.05) is 24.7 Å². The summed E-state index contributed by atoms with van der Waals surface area (Å²) in [5, 5.41) is 7.54. The average Bonchev–Trinajstić information content (AvgIpc) is 3.30. The van der Waals surface area contributed by atoms with E-state index < -0.39 is 0 Å². The van der Waals surface area contributed by atoms with Gasteiger partial charge in [-0.25, -0.2) is 15.0 Å². The minimum absolute atomic E-state index is 0.122. The maximum atomic E-state index is 12.9. The third-order valence-electron chi connectivity index (χ3n) is 4.22. The molecule has 0 spiro atoms. The highest BCUT2D eigenvalue weighted by Gasteiger charge is 2.27. The summed E-state index contributed by atoms with van der Waals surface area (Å²) in [7, 11) is 0. The summed E-state index contributed by atoms with van der Waals surface area (Å²) < 4.78 is 1.67. The van der Waals surface area contributed by atoms with Crippen molar-refractivity contribution in [2.24, 2.45) is 5.92 Å². The fourth-order valence-electron chi connectivity index (χ4n) is 2.97. The normalized spacial score (nSPS) is 13.3. The maximum Gasteiger partial charge on any atom is 0.273 e. The molecule has 8 nitrogen and oxygen atoms in total. The fourth-order valence-corrected chi connectivity index (χ4v) is 2.97. The lowest BCUT2D eigenvalue weighted by molar-refractivity contribution is 0.0744. The lowest BCUT2D eigenvalue weighted by Crippen LogP contribution is -2.26. The molecule has 0 unspecified atom stereocenters. The minimum atomic E-state index is -0.122. The van der Waals surface area contributed by atoms with Crippen molar-refractivity contribution < 1.29 is 4.79 Å². The highest BCUT2D eigenvalue weighted by molar-refractivity contribution is 5.92. The number of rotatable bonds is 4. The lowest BCUT2D eigenvalue weighted by Gasteiger charge is -2.14. The Bertz CT molecular complexity index is 936. The summed E-state index contributed by atoms with van der Waals surface area (Å²) in [5.74, 6) is 1.82. The third-order valence-corrected chi connectivity index (χ3v) is 4.22. The predicted molar refractivity (Wildman–Crippen MR) is 93.3 cm³/mol. The molecule has 4 rings (SSSR count). The van der Waals surface area contributed by atoms with E-state index in [0.29, 0.717) is 30.5 Å². The molecule has 8 heteroatoms. The Morgan fingerprint density at radius 2 is 1.96 bits per heavy atom. The van der Waals surface area contributed by atoms with Crippen LogP contribution in [0.2, 0.25) is 0 Å². The molecule has 0 aromatic carbocycles. The number of pyridine rings is 1. The Hall–Kier alpha value is -3.16. The summed E-state index contributed by atoms with van der Waals surface area (Å²) in [6.07, 6.45) is 5.78. The molecule has 3 aromatic heterocycles. The van der Waals surface area contributed by atoms with Gasteiger partial charge in [0.05, 0.1) is 12.2 Å². The number of hydrogen-bond donors (Lipinski definition) is 0. The molecule has 0 fully saturated rings. The van der Waals surface area contributed by atoms with E-state index in [1.165, 1.54) is 0 Å². The number of nitrogens with zero attached hydrogens (tertiary/aromatic N) is 7. The van der Waals surface area contributed by atoms with Crippen LogP contribution in [0.25, 0.3) is 5.82 Å². The molecule has 0 bridgehead atoms. The van der Waals surface area contributed by atoms with E-state index in [-0.39, 0.29) is 5.91 Å². The van der Waals surface area contributed by atoms with Gasteiger partial charge in [0.2, 0.25) is 0 Å². The molecule has 132 valence electrons. The van der Waals surface area contributed by atoms with Gasteiger partial charge in [-0.15, -0.1) is 10.2 Å². The molecule has 4 heterocycles. The zero-order valence-corrected chi connectivity index (χ0v) is 14.7. The van der Waals surface area contributed by atoms with Crippen molar-refractivity contribution in [3.63, 3.8) is 0 Å². The quantitative estimate of drug-likeness (QED) is 0.713. The third kappa shape index (κ3) is 3.17. The van der Waals surface area contributed by atoms with Crippen molar-refractivity contribution in [1.29, 1.82) is 0 Å². The Kier molecular flexibility index (Phi) is 4.16. The molecule has 26 heavy (non-hydrogen) atoms. The van der Waals surface area contributed by atoms with E-state index in [1.807, 2.05) is 12.3 Å². The smallest absolute Gasteiger partial charge is 0.273 e. The van der Waals surface area contributed by atoms with Crippen LogP contribution < -0.4 is 0 Å². The fraction of sp³-hybridized carbons (Fsp3) is 0.333. The van der Waals surface area contributed by atoms with Crippen LogP contribution in [-0.2, 0) is 19.5 Å². The standard InChI is InChI=1S/C18H19N7O/c1-12(2)6-16-19-7-13-8-24(9-15(13)22-16)18(26)14-4-3-5-17(23-14)25-10-20-21-11-25/h3-5,7,10-12H,6,8-9H2,1-2H3. The first-order valence-corrected chi connectivity index (χ1v) is 8.55. The van der Waals surface area contributed by atoms with Crippen LogP contribution in [0.15, 0.2) is 37.1 Å². The molecule has 0 radical (unpaired) electrons. The molecule has 3 aromatic rings. The molecule has 0 N–H and O–H groups in total. The number of amides is 1. The number of hydrogen-bond acceptors (Lipinski definition) is 6. The van der Waals surface area contributed by atoms with Crippen LogP contribution in [0.4, 0.5) is 0 Å². The first kappa shape index (κ1) is 16.3. The summed E-state index contributed by atoms with van der Waals surface area (Å²) >= 11 is 0. The zero-order valence-electron chi connectivity index (χ0n) is 14.7. The Labute approximate surface area is 151 Å². The van der Waals surface area contributed by atoms with E-state index >= 15 is 0 Å². The molecule has 1 amide bonds. The van der Waals surface area contributed by atoms with Crippen molar-refractivity contribution in [3.05, 3.63) is 59.8 Å². The molecule has 1 aliphatic heterocycles. The van der Waals surface area contributed by atoms with Crippen LogP contribution in [0.5, 0.6) is 0 Å². The molecule has 0 atom stereocenters. The molecule has 0 saturated heterocycles. The average molecular weight is 349 g/mol. The van der Waals surface area contributed by atoms with Crippen LogP contribution in [0, 0.1) is 5.92 Å². The highest BCUT2D eigenvalue weighted by atomic mass is 16.2. The SMILES string of the molecule is CC(C)Cc1ncc2c(n1)CN(C(=O)c1cccc(-n3cnnc3)n1)C2. The van der Waals surface area contributed by atoms with Crippen molar-refractivity contribution in [2.75, 3.05) is 0 Å². The van der Waals surface area contributed by atoms with Crippen LogP contribution >= 0.6 is 0 Å². The van der Waals surface area contributed by atoms with Gasteiger partial charge in [0.1, 0.15) is 30.0 Å². The van der Waals surface area contributed by atoms with Gasteiger partial charge in [0.25, 0.3) is 5.91 Å². The summed E-state index contributed by atoms with van der Waals surface area (Å²) in [4.78, 5) is 28.1. The van der Waals surface area contributed by atoms with Crippen LogP contribution in [0.3, 0.4) is 0 Å². The molecule has 1 aliphatic rings. The van der Waals surface area contributed by atoms with Gasteiger partial charge in [-0.2, -0.15) is 0 Å². The summed E-state index contributed by atoms with van der Waals surface area (Å²) in [5.41, 5.74) is 2.32.